The molecule has 7 heteroatoms. The lowest BCUT2D eigenvalue weighted by Crippen LogP contribution is -2.33. The molecule has 2 aromatic rings. The SMILES string of the molecule is O=S(=O)(c1ncccc1F)N(Cc1cccnc1)C1CC1. The molecule has 0 bridgehead atoms. The van der Waals surface area contributed by atoms with Crippen LogP contribution in [-0.4, -0.2) is 28.7 Å². The van der Waals surface area contributed by atoms with Gasteiger partial charge in [-0.25, -0.2) is 17.8 Å². The summed E-state index contributed by atoms with van der Waals surface area (Å²) in [6, 6.07) is 5.93. The van der Waals surface area contributed by atoms with E-state index in [1.807, 2.05) is 0 Å². The van der Waals surface area contributed by atoms with Gasteiger partial charge in [-0.3, -0.25) is 4.98 Å². The average molecular weight is 307 g/mol. The number of hydrogen-bond acceptors (Lipinski definition) is 4. The molecule has 0 amide bonds. The second kappa shape index (κ2) is 5.50. The van der Waals surface area contributed by atoms with E-state index < -0.39 is 20.9 Å². The van der Waals surface area contributed by atoms with Gasteiger partial charge in [0, 0.05) is 31.2 Å². The summed E-state index contributed by atoms with van der Waals surface area (Å²) in [5, 5.41) is -0.513. The number of aromatic nitrogens is 2. The summed E-state index contributed by atoms with van der Waals surface area (Å²) >= 11 is 0. The number of hydrogen-bond donors (Lipinski definition) is 0. The van der Waals surface area contributed by atoms with Crippen molar-refractivity contribution < 1.29 is 12.8 Å². The molecule has 5 nitrogen and oxygen atoms in total. The third-order valence-electron chi connectivity index (χ3n) is 3.29. The predicted octanol–water partition coefficient (Wildman–Crippen LogP) is 1.97. The van der Waals surface area contributed by atoms with Gasteiger partial charge >= 0.3 is 0 Å². The van der Waals surface area contributed by atoms with Crippen LogP contribution in [0.4, 0.5) is 4.39 Å². The fraction of sp³-hybridized carbons (Fsp3) is 0.286. The van der Waals surface area contributed by atoms with Crippen molar-refractivity contribution in [3.63, 3.8) is 0 Å². The van der Waals surface area contributed by atoms with Crippen LogP contribution < -0.4 is 0 Å². The molecule has 0 saturated heterocycles. The zero-order valence-corrected chi connectivity index (χ0v) is 12.0. The Balaban J connectivity index is 1.96. The van der Waals surface area contributed by atoms with Crippen molar-refractivity contribution in [3.8, 4) is 0 Å². The molecule has 1 fully saturated rings. The Kier molecular flexibility index (Phi) is 3.69. The molecule has 0 N–H and O–H groups in total. The van der Waals surface area contributed by atoms with Gasteiger partial charge in [0.2, 0.25) is 5.03 Å². The van der Waals surface area contributed by atoms with Crippen molar-refractivity contribution in [2.75, 3.05) is 0 Å². The third-order valence-corrected chi connectivity index (χ3v) is 5.13. The Morgan fingerprint density at radius 2 is 2.00 bits per heavy atom. The van der Waals surface area contributed by atoms with Crippen molar-refractivity contribution in [2.24, 2.45) is 0 Å². The highest BCUT2D eigenvalue weighted by Gasteiger charge is 2.39. The standard InChI is InChI=1S/C14H14FN3O2S/c15-13-4-2-8-17-14(13)21(19,20)18(12-5-6-12)10-11-3-1-7-16-9-11/h1-4,7-9,12H,5-6,10H2. The molecule has 110 valence electrons. The molecule has 0 aliphatic heterocycles. The van der Waals surface area contributed by atoms with Crippen LogP contribution in [0.25, 0.3) is 0 Å². The van der Waals surface area contributed by atoms with Crippen LogP contribution in [0.1, 0.15) is 18.4 Å². The van der Waals surface area contributed by atoms with Gasteiger partial charge in [0.25, 0.3) is 10.0 Å². The van der Waals surface area contributed by atoms with Gasteiger partial charge in [-0.15, -0.1) is 0 Å². The summed E-state index contributed by atoms with van der Waals surface area (Å²) < 4.78 is 40.4. The summed E-state index contributed by atoms with van der Waals surface area (Å²) in [5.74, 6) is -0.825. The number of sulfonamides is 1. The van der Waals surface area contributed by atoms with E-state index in [2.05, 4.69) is 9.97 Å². The smallest absolute Gasteiger partial charge is 0.264 e. The minimum absolute atomic E-state index is 0.0865. The summed E-state index contributed by atoms with van der Waals surface area (Å²) in [6.07, 6.45) is 6.09. The van der Waals surface area contributed by atoms with Gasteiger partial charge in [-0.2, -0.15) is 4.31 Å². The van der Waals surface area contributed by atoms with Crippen LogP contribution in [0.2, 0.25) is 0 Å². The Bertz CT molecular complexity index is 733. The maximum Gasteiger partial charge on any atom is 0.264 e. The van der Waals surface area contributed by atoms with Crippen LogP contribution in [0.5, 0.6) is 0 Å². The predicted molar refractivity (Wildman–Crippen MR) is 74.2 cm³/mol. The van der Waals surface area contributed by atoms with E-state index in [0.29, 0.717) is 0 Å². The number of halogens is 1. The zero-order chi connectivity index (χ0) is 14.9. The molecule has 21 heavy (non-hydrogen) atoms. The molecule has 3 rings (SSSR count). The van der Waals surface area contributed by atoms with E-state index in [4.69, 9.17) is 0 Å². The molecule has 0 aromatic carbocycles. The first-order chi connectivity index (χ1) is 10.1. The molecular weight excluding hydrogens is 293 g/mol. The molecule has 0 radical (unpaired) electrons. The van der Waals surface area contributed by atoms with Crippen molar-refractivity contribution in [3.05, 3.63) is 54.2 Å². The molecule has 2 aromatic heterocycles. The van der Waals surface area contributed by atoms with Crippen molar-refractivity contribution in [2.45, 2.75) is 30.5 Å². The molecule has 1 aliphatic carbocycles. The Hall–Kier alpha value is -1.86. The Morgan fingerprint density at radius 3 is 2.62 bits per heavy atom. The summed E-state index contributed by atoms with van der Waals surface area (Å²) in [4.78, 5) is 7.68. The normalized spacial score (nSPS) is 15.3. The van der Waals surface area contributed by atoms with Crippen LogP contribution in [0.15, 0.2) is 47.9 Å². The highest BCUT2D eigenvalue weighted by Crippen LogP contribution is 2.33. The second-order valence-electron chi connectivity index (χ2n) is 4.93. The summed E-state index contributed by atoms with van der Waals surface area (Å²) in [7, 11) is -3.95. The number of rotatable bonds is 5. The second-order valence-corrected chi connectivity index (χ2v) is 6.74. The highest BCUT2D eigenvalue weighted by molar-refractivity contribution is 7.89. The van der Waals surface area contributed by atoms with Gasteiger partial charge in [0.15, 0.2) is 5.82 Å². The van der Waals surface area contributed by atoms with E-state index >= 15 is 0 Å². The average Bonchev–Trinajstić information content (AvgIpc) is 3.30. The molecule has 1 aliphatic rings. The van der Waals surface area contributed by atoms with Crippen LogP contribution >= 0.6 is 0 Å². The van der Waals surface area contributed by atoms with Gasteiger partial charge < -0.3 is 0 Å². The quantitative estimate of drug-likeness (QED) is 0.847. The van der Waals surface area contributed by atoms with E-state index in [-0.39, 0.29) is 12.6 Å². The molecule has 2 heterocycles. The fourth-order valence-electron chi connectivity index (χ4n) is 2.12. The van der Waals surface area contributed by atoms with E-state index in [0.717, 1.165) is 24.5 Å². The number of nitrogens with zero attached hydrogens (tertiary/aromatic N) is 3. The van der Waals surface area contributed by atoms with Crippen LogP contribution in [-0.2, 0) is 16.6 Å². The maximum atomic E-state index is 13.8. The first-order valence-electron chi connectivity index (χ1n) is 6.60. The first-order valence-corrected chi connectivity index (χ1v) is 8.04. The molecule has 0 atom stereocenters. The van der Waals surface area contributed by atoms with Crippen molar-refractivity contribution >= 4 is 10.0 Å². The fourth-order valence-corrected chi connectivity index (χ4v) is 3.77. The van der Waals surface area contributed by atoms with E-state index in [1.54, 1.807) is 24.5 Å². The lowest BCUT2D eigenvalue weighted by molar-refractivity contribution is 0.392. The Labute approximate surface area is 122 Å². The van der Waals surface area contributed by atoms with Crippen molar-refractivity contribution in [1.82, 2.24) is 14.3 Å². The lowest BCUT2D eigenvalue weighted by Gasteiger charge is -2.21. The third kappa shape index (κ3) is 2.93. The lowest BCUT2D eigenvalue weighted by atomic mass is 10.3. The summed E-state index contributed by atoms with van der Waals surface area (Å²) in [6.45, 7) is 0.177. The van der Waals surface area contributed by atoms with Gasteiger partial charge in [-0.05, 0) is 36.6 Å². The van der Waals surface area contributed by atoms with Crippen LogP contribution in [0.3, 0.4) is 0 Å². The molecule has 0 spiro atoms. The van der Waals surface area contributed by atoms with E-state index in [9.17, 15) is 12.8 Å². The first kappa shape index (κ1) is 14.1. The minimum atomic E-state index is -3.95. The number of pyridine rings is 2. The Morgan fingerprint density at radius 1 is 1.24 bits per heavy atom. The monoisotopic (exact) mass is 307 g/mol. The van der Waals surface area contributed by atoms with Gasteiger partial charge in [0.05, 0.1) is 0 Å². The van der Waals surface area contributed by atoms with Crippen molar-refractivity contribution in [1.29, 1.82) is 0 Å². The van der Waals surface area contributed by atoms with Gasteiger partial charge in [0.1, 0.15) is 0 Å². The highest BCUT2D eigenvalue weighted by atomic mass is 32.2. The molecule has 1 saturated carbocycles. The molecule has 0 unspecified atom stereocenters. The van der Waals surface area contributed by atoms with E-state index in [1.165, 1.54) is 16.6 Å². The summed E-state index contributed by atoms with van der Waals surface area (Å²) in [5.41, 5.74) is 0.768. The minimum Gasteiger partial charge on any atom is -0.264 e. The van der Waals surface area contributed by atoms with Crippen LogP contribution in [0, 0.1) is 5.82 Å². The maximum absolute atomic E-state index is 13.8. The zero-order valence-electron chi connectivity index (χ0n) is 11.2. The van der Waals surface area contributed by atoms with Gasteiger partial charge in [-0.1, -0.05) is 6.07 Å². The largest absolute Gasteiger partial charge is 0.264 e. The molecular formula is C14H14FN3O2S. The topological polar surface area (TPSA) is 63.2 Å².